The quantitative estimate of drug-likeness (QED) is 0.704. The summed E-state index contributed by atoms with van der Waals surface area (Å²) in [6, 6.07) is 8.99. The fourth-order valence-electron chi connectivity index (χ4n) is 3.83. The minimum atomic E-state index is -0.661. The van der Waals surface area contributed by atoms with Crippen molar-refractivity contribution in [1.82, 2.24) is 14.5 Å². The highest BCUT2D eigenvalue weighted by Crippen LogP contribution is 2.22. The Kier molecular flexibility index (Phi) is 4.71. The van der Waals surface area contributed by atoms with E-state index in [-0.39, 0.29) is 11.5 Å². The number of benzene rings is 1. The highest BCUT2D eigenvalue weighted by Gasteiger charge is 2.23. The van der Waals surface area contributed by atoms with E-state index in [2.05, 4.69) is 9.97 Å². The molecule has 3 aromatic rings. The van der Waals surface area contributed by atoms with Gasteiger partial charge >= 0.3 is 0 Å². The number of anilines is 1. The van der Waals surface area contributed by atoms with Crippen LogP contribution in [0.15, 0.2) is 41.5 Å². The van der Waals surface area contributed by atoms with Crippen molar-refractivity contribution < 1.29 is 4.79 Å². The van der Waals surface area contributed by atoms with Crippen LogP contribution in [0, 0.1) is 6.92 Å². The summed E-state index contributed by atoms with van der Waals surface area (Å²) >= 11 is 0. The molecular weight excluding hydrogens is 352 g/mol. The summed E-state index contributed by atoms with van der Waals surface area (Å²) in [4.78, 5) is 36.6. The fourth-order valence-corrected chi connectivity index (χ4v) is 3.83. The predicted molar refractivity (Wildman–Crippen MR) is 110 cm³/mol. The number of carbonyl (C=O) groups excluding carboxylic acids is 1. The molecule has 0 saturated heterocycles. The van der Waals surface area contributed by atoms with Gasteiger partial charge in [-0.15, -0.1) is 0 Å². The Labute approximate surface area is 163 Å². The van der Waals surface area contributed by atoms with Crippen LogP contribution in [0.2, 0.25) is 0 Å². The van der Waals surface area contributed by atoms with Crippen molar-refractivity contribution in [2.24, 2.45) is 0 Å². The Balaban J connectivity index is 1.70. The molecule has 0 radical (unpaired) electrons. The van der Waals surface area contributed by atoms with Crippen LogP contribution < -0.4 is 10.5 Å². The third-order valence-electron chi connectivity index (χ3n) is 5.54. The molecule has 1 amide bonds. The highest BCUT2D eigenvalue weighted by molar-refractivity contribution is 5.95. The summed E-state index contributed by atoms with van der Waals surface area (Å²) in [5.41, 5.74) is 4.30. The highest BCUT2D eigenvalue weighted by atomic mass is 16.2. The van der Waals surface area contributed by atoms with Gasteiger partial charge in [0, 0.05) is 18.4 Å². The standard InChI is InChI=1S/C22H24N4O2/c1-14-7-6-9-17(11-14)25(3)21(27)15(2)26-13-23-20-18(22(26)28)12-16-8-4-5-10-19(16)24-20/h6-7,9,11-13,15H,4-5,8,10H2,1-3H3/t15-/m1/s1. The van der Waals surface area contributed by atoms with Crippen molar-refractivity contribution in [3.8, 4) is 0 Å². The third kappa shape index (κ3) is 3.19. The SMILES string of the molecule is Cc1cccc(N(C)C(=O)[C@@H](C)n2cnc3nc4c(cc3c2=O)CCCC4)c1. The molecule has 1 atom stereocenters. The van der Waals surface area contributed by atoms with Crippen LogP contribution in [0.3, 0.4) is 0 Å². The van der Waals surface area contributed by atoms with Crippen LogP contribution in [-0.4, -0.2) is 27.5 Å². The molecule has 0 N–H and O–H groups in total. The van der Waals surface area contributed by atoms with Gasteiger partial charge in [-0.25, -0.2) is 9.97 Å². The molecular formula is C22H24N4O2. The molecule has 0 aliphatic heterocycles. The van der Waals surface area contributed by atoms with Crippen molar-refractivity contribution >= 4 is 22.6 Å². The first kappa shape index (κ1) is 18.3. The molecule has 0 saturated carbocycles. The maximum Gasteiger partial charge on any atom is 0.263 e. The average Bonchev–Trinajstić information content (AvgIpc) is 2.71. The summed E-state index contributed by atoms with van der Waals surface area (Å²) in [5, 5.41) is 0.487. The van der Waals surface area contributed by atoms with Crippen molar-refractivity contribution in [1.29, 1.82) is 0 Å². The normalized spacial score (nSPS) is 14.5. The summed E-state index contributed by atoms with van der Waals surface area (Å²) < 4.78 is 1.41. The number of aryl methyl sites for hydroxylation is 3. The van der Waals surface area contributed by atoms with Gasteiger partial charge in [0.2, 0.25) is 5.91 Å². The first-order valence-corrected chi connectivity index (χ1v) is 9.69. The van der Waals surface area contributed by atoms with Gasteiger partial charge in [-0.05, 0) is 68.9 Å². The van der Waals surface area contributed by atoms with Crippen LogP contribution in [0.1, 0.15) is 42.6 Å². The minimum Gasteiger partial charge on any atom is -0.314 e. The predicted octanol–water partition coefficient (Wildman–Crippen LogP) is 3.20. The van der Waals surface area contributed by atoms with E-state index in [9.17, 15) is 9.59 Å². The molecule has 6 nitrogen and oxygen atoms in total. The van der Waals surface area contributed by atoms with Crippen LogP contribution in [0.25, 0.3) is 11.0 Å². The maximum atomic E-state index is 13.1. The second kappa shape index (κ2) is 7.19. The number of pyridine rings is 1. The van der Waals surface area contributed by atoms with E-state index >= 15 is 0 Å². The van der Waals surface area contributed by atoms with E-state index < -0.39 is 6.04 Å². The number of nitrogens with zero attached hydrogens (tertiary/aromatic N) is 4. The summed E-state index contributed by atoms with van der Waals surface area (Å²) in [6.07, 6.45) is 5.56. The topological polar surface area (TPSA) is 68.1 Å². The Morgan fingerprint density at radius 2 is 2.00 bits per heavy atom. The molecule has 1 aliphatic carbocycles. The number of aromatic nitrogens is 3. The first-order valence-electron chi connectivity index (χ1n) is 9.69. The van der Waals surface area contributed by atoms with Gasteiger partial charge < -0.3 is 4.90 Å². The van der Waals surface area contributed by atoms with Gasteiger partial charge in [0.25, 0.3) is 5.56 Å². The molecule has 6 heteroatoms. The van der Waals surface area contributed by atoms with Crippen molar-refractivity contribution in [3.63, 3.8) is 0 Å². The molecule has 144 valence electrons. The molecule has 2 aromatic heterocycles. The average molecular weight is 376 g/mol. The Morgan fingerprint density at radius 1 is 1.21 bits per heavy atom. The van der Waals surface area contributed by atoms with Crippen LogP contribution in [-0.2, 0) is 17.6 Å². The van der Waals surface area contributed by atoms with Gasteiger partial charge in [0.05, 0.1) is 5.39 Å². The van der Waals surface area contributed by atoms with Gasteiger partial charge in [-0.3, -0.25) is 14.2 Å². The number of hydrogen-bond acceptors (Lipinski definition) is 4. The fraction of sp³-hybridized carbons (Fsp3) is 0.364. The zero-order valence-corrected chi connectivity index (χ0v) is 16.5. The smallest absolute Gasteiger partial charge is 0.263 e. The van der Waals surface area contributed by atoms with Crippen LogP contribution in [0.5, 0.6) is 0 Å². The molecule has 28 heavy (non-hydrogen) atoms. The van der Waals surface area contributed by atoms with Crippen molar-refractivity contribution in [2.45, 2.75) is 45.6 Å². The Bertz CT molecular complexity index is 1120. The van der Waals surface area contributed by atoms with E-state index in [1.165, 1.54) is 10.9 Å². The molecule has 0 spiro atoms. The maximum absolute atomic E-state index is 13.1. The molecule has 0 fully saturated rings. The minimum absolute atomic E-state index is 0.167. The number of likely N-dealkylation sites (N-methyl/N-ethyl adjacent to an activating group) is 1. The van der Waals surface area contributed by atoms with Crippen molar-refractivity contribution in [2.75, 3.05) is 11.9 Å². The van der Waals surface area contributed by atoms with Gasteiger partial charge in [-0.2, -0.15) is 0 Å². The van der Waals surface area contributed by atoms with Crippen molar-refractivity contribution in [3.05, 3.63) is 63.8 Å². The van der Waals surface area contributed by atoms with Gasteiger partial charge in [0.1, 0.15) is 12.4 Å². The van der Waals surface area contributed by atoms with Crippen LogP contribution in [0.4, 0.5) is 5.69 Å². The number of rotatable bonds is 3. The van der Waals surface area contributed by atoms with E-state index in [4.69, 9.17) is 0 Å². The molecule has 1 aliphatic rings. The molecule has 0 unspecified atom stereocenters. The number of amides is 1. The Morgan fingerprint density at radius 3 is 2.79 bits per heavy atom. The summed E-state index contributed by atoms with van der Waals surface area (Å²) in [6.45, 7) is 3.71. The lowest BCUT2D eigenvalue weighted by Gasteiger charge is -2.23. The molecule has 0 bridgehead atoms. The summed E-state index contributed by atoms with van der Waals surface area (Å²) in [7, 11) is 1.73. The zero-order valence-electron chi connectivity index (χ0n) is 16.5. The first-order chi connectivity index (χ1) is 13.5. The van der Waals surface area contributed by atoms with E-state index in [0.29, 0.717) is 11.0 Å². The monoisotopic (exact) mass is 376 g/mol. The van der Waals surface area contributed by atoms with Gasteiger partial charge in [0.15, 0.2) is 5.65 Å². The largest absolute Gasteiger partial charge is 0.314 e. The lowest BCUT2D eigenvalue weighted by molar-refractivity contribution is -0.121. The third-order valence-corrected chi connectivity index (χ3v) is 5.54. The molecule has 1 aromatic carbocycles. The summed E-state index contributed by atoms with van der Waals surface area (Å²) in [5.74, 6) is -0.167. The number of carbonyl (C=O) groups is 1. The van der Waals surface area contributed by atoms with E-state index in [1.807, 2.05) is 37.3 Å². The number of hydrogen-bond donors (Lipinski definition) is 0. The van der Waals surface area contributed by atoms with E-state index in [1.54, 1.807) is 18.9 Å². The molecule has 4 rings (SSSR count). The second-order valence-electron chi connectivity index (χ2n) is 7.54. The lowest BCUT2D eigenvalue weighted by Crippen LogP contribution is -2.37. The van der Waals surface area contributed by atoms with Gasteiger partial charge in [-0.1, -0.05) is 12.1 Å². The van der Waals surface area contributed by atoms with Crippen LogP contribution >= 0.6 is 0 Å². The van der Waals surface area contributed by atoms with E-state index in [0.717, 1.165) is 48.2 Å². The lowest BCUT2D eigenvalue weighted by atomic mass is 9.95. The molecule has 2 heterocycles. The second-order valence-corrected chi connectivity index (χ2v) is 7.54. The zero-order chi connectivity index (χ0) is 19.8. The number of fused-ring (bicyclic) bond motifs is 2. The Hall–Kier alpha value is -3.02.